The van der Waals surface area contributed by atoms with Crippen molar-refractivity contribution in [1.82, 2.24) is 19.9 Å². The second-order valence-corrected chi connectivity index (χ2v) is 7.71. The van der Waals surface area contributed by atoms with Gasteiger partial charge in [0.25, 0.3) is 0 Å². The Morgan fingerprint density at radius 1 is 0.933 bits per heavy atom. The van der Waals surface area contributed by atoms with Gasteiger partial charge in [-0.15, -0.1) is 22.0 Å². The first-order valence-electron chi connectivity index (χ1n) is 9.28. The molecule has 2 aromatic carbocycles. The summed E-state index contributed by atoms with van der Waals surface area (Å²) in [6, 6.07) is 17.8. The van der Waals surface area contributed by atoms with Crippen LogP contribution in [-0.4, -0.2) is 26.3 Å². The number of thioether (sulfide) groups is 1. The lowest BCUT2D eigenvalue weighted by molar-refractivity contribution is -0.118. The summed E-state index contributed by atoms with van der Waals surface area (Å²) >= 11 is 1.39. The number of nitrogens with zero attached hydrogens (tertiary/aromatic N) is 3. The van der Waals surface area contributed by atoms with E-state index >= 15 is 0 Å². The van der Waals surface area contributed by atoms with E-state index in [1.165, 1.54) is 36.0 Å². The number of amides is 1. The zero-order valence-electron chi connectivity index (χ0n) is 15.8. The molecule has 0 atom stereocenters. The van der Waals surface area contributed by atoms with Crippen LogP contribution in [0.1, 0.15) is 22.2 Å². The van der Waals surface area contributed by atoms with E-state index in [1.807, 2.05) is 28.8 Å². The van der Waals surface area contributed by atoms with Crippen LogP contribution in [0.15, 0.2) is 72.9 Å². The minimum Gasteiger partial charge on any atom is -0.348 e. The molecule has 4 rings (SSSR count). The third-order valence-electron chi connectivity index (χ3n) is 4.55. The largest absolute Gasteiger partial charge is 0.348 e. The average Bonchev–Trinajstić information content (AvgIpc) is 3.18. The van der Waals surface area contributed by atoms with Crippen molar-refractivity contribution in [2.75, 3.05) is 5.75 Å². The summed E-state index contributed by atoms with van der Waals surface area (Å²) in [5.41, 5.74) is 2.39. The summed E-state index contributed by atoms with van der Waals surface area (Å²) in [4.78, 5) is 12.4. The van der Waals surface area contributed by atoms with E-state index < -0.39 is 0 Å². The molecule has 2 aromatic heterocycles. The van der Waals surface area contributed by atoms with Crippen molar-refractivity contribution in [1.29, 1.82) is 0 Å². The van der Waals surface area contributed by atoms with E-state index in [-0.39, 0.29) is 35.1 Å². The number of pyridine rings is 1. The Labute approximate surface area is 176 Å². The Morgan fingerprint density at radius 3 is 2.20 bits per heavy atom. The minimum absolute atomic E-state index is 0.165. The molecular formula is C22H18F2N4OS. The minimum atomic E-state index is -0.333. The van der Waals surface area contributed by atoms with E-state index in [1.54, 1.807) is 24.3 Å². The topological polar surface area (TPSA) is 59.3 Å². The monoisotopic (exact) mass is 424 g/mol. The molecule has 1 amide bonds. The predicted octanol–water partition coefficient (Wildman–Crippen LogP) is 4.15. The normalized spacial score (nSPS) is 11.2. The van der Waals surface area contributed by atoms with Gasteiger partial charge >= 0.3 is 0 Å². The molecule has 0 saturated heterocycles. The first kappa shape index (κ1) is 20.0. The number of halogens is 2. The highest BCUT2D eigenvalue weighted by molar-refractivity contribution is 8.00. The Balaban J connectivity index is 1.43. The van der Waals surface area contributed by atoms with E-state index in [0.717, 1.165) is 11.1 Å². The number of rotatable bonds is 7. The molecule has 0 spiro atoms. The van der Waals surface area contributed by atoms with E-state index in [2.05, 4.69) is 15.5 Å². The van der Waals surface area contributed by atoms with Crippen LogP contribution in [-0.2, 0) is 11.3 Å². The third kappa shape index (κ3) is 4.65. The summed E-state index contributed by atoms with van der Waals surface area (Å²) < 4.78 is 28.5. The van der Waals surface area contributed by atoms with Crippen molar-refractivity contribution >= 4 is 23.3 Å². The van der Waals surface area contributed by atoms with Crippen molar-refractivity contribution in [2.24, 2.45) is 0 Å². The molecule has 30 heavy (non-hydrogen) atoms. The van der Waals surface area contributed by atoms with Gasteiger partial charge in [-0.25, -0.2) is 8.78 Å². The smallest absolute Gasteiger partial charge is 0.230 e. The molecule has 0 aliphatic heterocycles. The predicted molar refractivity (Wildman–Crippen MR) is 112 cm³/mol. The van der Waals surface area contributed by atoms with Crippen molar-refractivity contribution in [2.45, 2.75) is 11.8 Å². The van der Waals surface area contributed by atoms with Gasteiger partial charge in [-0.2, -0.15) is 0 Å². The highest BCUT2D eigenvalue weighted by Gasteiger charge is 2.17. The molecule has 8 heteroatoms. The zero-order valence-corrected chi connectivity index (χ0v) is 16.7. The third-order valence-corrected chi connectivity index (χ3v) is 5.86. The van der Waals surface area contributed by atoms with Gasteiger partial charge in [0.15, 0.2) is 11.5 Å². The molecule has 0 bridgehead atoms. The molecule has 4 aromatic rings. The van der Waals surface area contributed by atoms with E-state index in [4.69, 9.17) is 0 Å². The summed E-state index contributed by atoms with van der Waals surface area (Å²) in [6.07, 6.45) is 1.84. The van der Waals surface area contributed by atoms with Gasteiger partial charge in [-0.1, -0.05) is 30.3 Å². The standard InChI is InChI=1S/C22H18F2N4OS/c23-17-8-4-15(5-9-17)22(16-6-10-18(24)11-7-16)30-14-21(29)25-13-20-27-26-19-3-1-2-12-28(19)20/h1-12,22H,13-14H2,(H,25,29). The van der Waals surface area contributed by atoms with Gasteiger partial charge in [0.2, 0.25) is 5.91 Å². The molecule has 1 N–H and O–H groups in total. The fourth-order valence-electron chi connectivity index (χ4n) is 3.06. The quantitative estimate of drug-likeness (QED) is 0.484. The van der Waals surface area contributed by atoms with Crippen LogP contribution in [0.3, 0.4) is 0 Å². The molecule has 0 aliphatic carbocycles. The SMILES string of the molecule is O=C(CSC(c1ccc(F)cc1)c1ccc(F)cc1)NCc1nnc2ccccn12. The van der Waals surface area contributed by atoms with Gasteiger partial charge in [0.1, 0.15) is 11.6 Å². The molecule has 0 saturated carbocycles. The number of carbonyl (C=O) groups is 1. The first-order chi connectivity index (χ1) is 14.6. The van der Waals surface area contributed by atoms with Crippen molar-refractivity contribution in [3.8, 4) is 0 Å². The first-order valence-corrected chi connectivity index (χ1v) is 10.3. The summed E-state index contributed by atoms with van der Waals surface area (Å²) in [5, 5.41) is 10.8. The van der Waals surface area contributed by atoms with Crippen LogP contribution in [0.5, 0.6) is 0 Å². The summed E-state index contributed by atoms with van der Waals surface area (Å²) in [6.45, 7) is 0.252. The second-order valence-electron chi connectivity index (χ2n) is 6.62. The second kappa shape index (κ2) is 9.04. The Kier molecular flexibility index (Phi) is 6.04. The Hall–Kier alpha value is -3.26. The maximum Gasteiger partial charge on any atom is 0.230 e. The summed E-state index contributed by atoms with van der Waals surface area (Å²) in [5.74, 6) is -0.0184. The lowest BCUT2D eigenvalue weighted by Crippen LogP contribution is -2.26. The fraction of sp³-hybridized carbons (Fsp3) is 0.136. The number of nitrogens with one attached hydrogen (secondary N) is 1. The highest BCUT2D eigenvalue weighted by atomic mass is 32.2. The number of aromatic nitrogens is 3. The molecule has 0 fully saturated rings. The molecule has 2 heterocycles. The van der Waals surface area contributed by atoms with Crippen LogP contribution in [0.2, 0.25) is 0 Å². The van der Waals surface area contributed by atoms with Gasteiger partial charge in [-0.3, -0.25) is 9.20 Å². The van der Waals surface area contributed by atoms with Gasteiger partial charge < -0.3 is 5.32 Å². The maximum atomic E-state index is 13.3. The highest BCUT2D eigenvalue weighted by Crippen LogP contribution is 2.35. The number of carbonyl (C=O) groups excluding carboxylic acids is 1. The van der Waals surface area contributed by atoms with Gasteiger partial charge in [0.05, 0.1) is 17.5 Å². The van der Waals surface area contributed by atoms with Crippen molar-refractivity contribution in [3.05, 3.63) is 102 Å². The molecule has 0 radical (unpaired) electrons. The molecule has 5 nitrogen and oxygen atoms in total. The van der Waals surface area contributed by atoms with Crippen LogP contribution < -0.4 is 5.32 Å². The number of hydrogen-bond donors (Lipinski definition) is 1. The molecule has 0 unspecified atom stereocenters. The lowest BCUT2D eigenvalue weighted by Gasteiger charge is -2.17. The Bertz CT molecular complexity index is 1100. The molecular weight excluding hydrogens is 406 g/mol. The van der Waals surface area contributed by atoms with Crippen LogP contribution in [0.4, 0.5) is 8.78 Å². The van der Waals surface area contributed by atoms with E-state index in [9.17, 15) is 13.6 Å². The van der Waals surface area contributed by atoms with E-state index in [0.29, 0.717) is 11.5 Å². The average molecular weight is 424 g/mol. The van der Waals surface area contributed by atoms with Crippen molar-refractivity contribution < 1.29 is 13.6 Å². The maximum absolute atomic E-state index is 13.3. The fourth-order valence-corrected chi connectivity index (χ4v) is 4.18. The van der Waals surface area contributed by atoms with Crippen LogP contribution in [0, 0.1) is 11.6 Å². The van der Waals surface area contributed by atoms with Crippen LogP contribution >= 0.6 is 11.8 Å². The number of benzene rings is 2. The van der Waals surface area contributed by atoms with Crippen molar-refractivity contribution in [3.63, 3.8) is 0 Å². The molecule has 152 valence electrons. The van der Waals surface area contributed by atoms with Crippen LogP contribution in [0.25, 0.3) is 5.65 Å². The summed E-state index contributed by atoms with van der Waals surface area (Å²) in [7, 11) is 0. The Morgan fingerprint density at radius 2 is 1.57 bits per heavy atom. The zero-order chi connectivity index (χ0) is 20.9. The molecule has 0 aliphatic rings. The lowest BCUT2D eigenvalue weighted by atomic mass is 10.0. The number of hydrogen-bond acceptors (Lipinski definition) is 4. The van der Waals surface area contributed by atoms with Gasteiger partial charge in [0, 0.05) is 6.20 Å². The number of fused-ring (bicyclic) bond motifs is 1. The van der Waals surface area contributed by atoms with Gasteiger partial charge in [-0.05, 0) is 47.5 Å².